The average molecular weight is 218 g/mol. The molecule has 0 spiro atoms. The Kier molecular flexibility index (Phi) is 4.04. The van der Waals surface area contributed by atoms with Crippen molar-refractivity contribution in [3.63, 3.8) is 0 Å². The van der Waals surface area contributed by atoms with E-state index in [-0.39, 0.29) is 6.04 Å². The third-order valence-corrected chi connectivity index (χ3v) is 2.79. The summed E-state index contributed by atoms with van der Waals surface area (Å²) in [6.07, 6.45) is 0. The molecule has 72 valence electrons. The molecule has 0 aromatic heterocycles. The summed E-state index contributed by atoms with van der Waals surface area (Å²) in [6.45, 7) is 5.06. The first-order chi connectivity index (χ1) is 6.16. The van der Waals surface area contributed by atoms with Crippen molar-refractivity contribution >= 4 is 23.2 Å². The molecule has 0 heterocycles. The molecule has 0 saturated carbocycles. The minimum Gasteiger partial charge on any atom is -0.310 e. The molecule has 1 N–H and O–H groups in total. The normalized spacial score (nSPS) is 12.9. The van der Waals surface area contributed by atoms with Crippen molar-refractivity contribution in [2.75, 3.05) is 6.54 Å². The Bertz CT molecular complexity index is 286. The molecule has 0 amide bonds. The fourth-order valence-corrected chi connectivity index (χ4v) is 1.74. The van der Waals surface area contributed by atoms with Crippen LogP contribution in [0.15, 0.2) is 18.2 Å². The summed E-state index contributed by atoms with van der Waals surface area (Å²) in [5.41, 5.74) is 1.05. The van der Waals surface area contributed by atoms with Crippen molar-refractivity contribution in [1.29, 1.82) is 0 Å². The number of halogens is 2. The van der Waals surface area contributed by atoms with Gasteiger partial charge in [-0.1, -0.05) is 42.3 Å². The highest BCUT2D eigenvalue weighted by Crippen LogP contribution is 2.29. The molecule has 0 radical (unpaired) electrons. The van der Waals surface area contributed by atoms with Crippen LogP contribution in [-0.4, -0.2) is 6.54 Å². The molecule has 0 saturated heterocycles. The molecule has 1 aromatic carbocycles. The molecule has 0 aliphatic rings. The predicted octanol–water partition coefficient (Wildman–Crippen LogP) is 3.66. The van der Waals surface area contributed by atoms with Crippen LogP contribution >= 0.6 is 23.2 Å². The molecular formula is C10H13Cl2N. The Morgan fingerprint density at radius 1 is 1.38 bits per heavy atom. The van der Waals surface area contributed by atoms with Crippen LogP contribution in [0, 0.1) is 0 Å². The second-order valence-corrected chi connectivity index (χ2v) is 3.71. The van der Waals surface area contributed by atoms with Crippen molar-refractivity contribution in [3.05, 3.63) is 33.8 Å². The zero-order valence-corrected chi connectivity index (χ0v) is 9.28. The first kappa shape index (κ1) is 10.8. The number of hydrogen-bond acceptors (Lipinski definition) is 1. The van der Waals surface area contributed by atoms with Gasteiger partial charge >= 0.3 is 0 Å². The van der Waals surface area contributed by atoms with Crippen LogP contribution in [0.2, 0.25) is 10.0 Å². The summed E-state index contributed by atoms with van der Waals surface area (Å²) in [5.74, 6) is 0. The molecule has 1 atom stereocenters. The second kappa shape index (κ2) is 4.85. The fraction of sp³-hybridized carbons (Fsp3) is 0.400. The molecule has 0 aliphatic carbocycles. The van der Waals surface area contributed by atoms with Crippen molar-refractivity contribution in [2.45, 2.75) is 19.9 Å². The summed E-state index contributed by atoms with van der Waals surface area (Å²) in [6, 6.07) is 5.95. The monoisotopic (exact) mass is 217 g/mol. The number of benzene rings is 1. The SMILES string of the molecule is CCNC(C)c1cccc(Cl)c1Cl. The lowest BCUT2D eigenvalue weighted by atomic mass is 10.1. The highest BCUT2D eigenvalue weighted by atomic mass is 35.5. The third kappa shape index (κ3) is 2.60. The van der Waals surface area contributed by atoms with E-state index in [1.165, 1.54) is 0 Å². The van der Waals surface area contributed by atoms with Gasteiger partial charge in [0.05, 0.1) is 10.0 Å². The fourth-order valence-electron chi connectivity index (χ4n) is 1.27. The summed E-state index contributed by atoms with van der Waals surface area (Å²) < 4.78 is 0. The van der Waals surface area contributed by atoms with E-state index in [1.54, 1.807) is 6.07 Å². The largest absolute Gasteiger partial charge is 0.310 e. The van der Waals surface area contributed by atoms with Crippen LogP contribution in [0.3, 0.4) is 0 Å². The maximum atomic E-state index is 6.05. The van der Waals surface area contributed by atoms with Gasteiger partial charge in [-0.2, -0.15) is 0 Å². The number of hydrogen-bond donors (Lipinski definition) is 1. The molecule has 1 aromatic rings. The summed E-state index contributed by atoms with van der Waals surface area (Å²) in [4.78, 5) is 0. The van der Waals surface area contributed by atoms with Crippen LogP contribution in [0.4, 0.5) is 0 Å². The van der Waals surface area contributed by atoms with Gasteiger partial charge in [-0.15, -0.1) is 0 Å². The Morgan fingerprint density at radius 2 is 2.08 bits per heavy atom. The van der Waals surface area contributed by atoms with E-state index in [0.29, 0.717) is 10.0 Å². The quantitative estimate of drug-likeness (QED) is 0.816. The molecule has 3 heteroatoms. The molecule has 0 bridgehead atoms. The Balaban J connectivity index is 2.93. The van der Waals surface area contributed by atoms with Gasteiger partial charge in [0.1, 0.15) is 0 Å². The van der Waals surface area contributed by atoms with E-state index in [2.05, 4.69) is 19.2 Å². The van der Waals surface area contributed by atoms with Crippen molar-refractivity contribution in [2.24, 2.45) is 0 Å². The lowest BCUT2D eigenvalue weighted by Crippen LogP contribution is -2.17. The number of rotatable bonds is 3. The second-order valence-electron chi connectivity index (χ2n) is 2.92. The zero-order valence-electron chi connectivity index (χ0n) is 7.77. The Hall–Kier alpha value is -0.240. The standard InChI is InChI=1S/C10H13Cl2N/c1-3-13-7(2)8-5-4-6-9(11)10(8)12/h4-7,13H,3H2,1-2H3. The molecule has 1 nitrogen and oxygen atoms in total. The summed E-state index contributed by atoms with van der Waals surface area (Å²) >= 11 is 12.0. The molecule has 1 rings (SSSR count). The van der Waals surface area contributed by atoms with Gasteiger partial charge < -0.3 is 5.32 Å². The lowest BCUT2D eigenvalue weighted by Gasteiger charge is -2.14. The Morgan fingerprint density at radius 3 is 2.69 bits per heavy atom. The minimum absolute atomic E-state index is 0.246. The van der Waals surface area contributed by atoms with Gasteiger partial charge in [0, 0.05) is 6.04 Å². The van der Waals surface area contributed by atoms with Crippen molar-refractivity contribution < 1.29 is 0 Å². The van der Waals surface area contributed by atoms with Crippen molar-refractivity contribution in [1.82, 2.24) is 5.32 Å². The molecule has 13 heavy (non-hydrogen) atoms. The average Bonchev–Trinajstić information content (AvgIpc) is 2.10. The smallest absolute Gasteiger partial charge is 0.0639 e. The lowest BCUT2D eigenvalue weighted by molar-refractivity contribution is 0.598. The summed E-state index contributed by atoms with van der Waals surface area (Å²) in [5, 5.41) is 4.55. The highest BCUT2D eigenvalue weighted by molar-refractivity contribution is 6.42. The van der Waals surface area contributed by atoms with E-state index in [4.69, 9.17) is 23.2 Å². The van der Waals surface area contributed by atoms with E-state index in [1.807, 2.05) is 12.1 Å². The maximum absolute atomic E-state index is 6.05. The highest BCUT2D eigenvalue weighted by Gasteiger charge is 2.09. The Labute approximate surface area is 89.0 Å². The van der Waals surface area contributed by atoms with Crippen LogP contribution in [0.5, 0.6) is 0 Å². The predicted molar refractivity (Wildman–Crippen MR) is 58.6 cm³/mol. The van der Waals surface area contributed by atoms with Crippen LogP contribution in [0.25, 0.3) is 0 Å². The van der Waals surface area contributed by atoms with Crippen LogP contribution < -0.4 is 5.32 Å². The first-order valence-corrected chi connectivity index (χ1v) is 5.09. The molecule has 0 aliphatic heterocycles. The number of nitrogens with one attached hydrogen (secondary N) is 1. The maximum Gasteiger partial charge on any atom is 0.0639 e. The molecular weight excluding hydrogens is 205 g/mol. The summed E-state index contributed by atoms with van der Waals surface area (Å²) in [7, 11) is 0. The van der Waals surface area contributed by atoms with Gasteiger partial charge in [0.25, 0.3) is 0 Å². The molecule has 1 unspecified atom stereocenters. The first-order valence-electron chi connectivity index (χ1n) is 4.34. The van der Waals surface area contributed by atoms with Crippen LogP contribution in [0.1, 0.15) is 25.5 Å². The van der Waals surface area contributed by atoms with E-state index < -0.39 is 0 Å². The van der Waals surface area contributed by atoms with E-state index in [9.17, 15) is 0 Å². The third-order valence-electron chi connectivity index (χ3n) is 1.96. The zero-order chi connectivity index (χ0) is 9.84. The topological polar surface area (TPSA) is 12.0 Å². The van der Waals surface area contributed by atoms with E-state index >= 15 is 0 Å². The van der Waals surface area contributed by atoms with E-state index in [0.717, 1.165) is 12.1 Å². The van der Waals surface area contributed by atoms with Gasteiger partial charge in [0.15, 0.2) is 0 Å². The minimum atomic E-state index is 0.246. The van der Waals surface area contributed by atoms with Crippen LogP contribution in [-0.2, 0) is 0 Å². The van der Waals surface area contributed by atoms with Gasteiger partial charge in [0.2, 0.25) is 0 Å². The van der Waals surface area contributed by atoms with Gasteiger partial charge in [-0.05, 0) is 25.1 Å². The van der Waals surface area contributed by atoms with Gasteiger partial charge in [-0.3, -0.25) is 0 Å². The molecule has 0 fully saturated rings. The van der Waals surface area contributed by atoms with Crippen molar-refractivity contribution in [3.8, 4) is 0 Å². The van der Waals surface area contributed by atoms with Gasteiger partial charge in [-0.25, -0.2) is 0 Å².